The van der Waals surface area contributed by atoms with Gasteiger partial charge in [-0.3, -0.25) is 6.67 Å². The summed E-state index contributed by atoms with van der Waals surface area (Å²) in [5.41, 5.74) is 0.860. The van der Waals surface area contributed by atoms with E-state index >= 15 is 0 Å². The molecular weight excluding hydrogens is 441 g/mol. The minimum atomic E-state index is -1.52. The van der Waals surface area contributed by atoms with E-state index in [4.69, 9.17) is 18.6 Å². The van der Waals surface area contributed by atoms with Crippen LogP contribution in [0.25, 0.3) is 10.6 Å². The molecule has 2 saturated carbocycles. The summed E-state index contributed by atoms with van der Waals surface area (Å²) in [6, 6.07) is 0. The molecule has 4 aliphatic rings. The first-order valence-electron chi connectivity index (χ1n) is 10.4. The normalized spacial score (nSPS) is 33.7. The van der Waals surface area contributed by atoms with Crippen molar-refractivity contribution in [3.63, 3.8) is 0 Å². The monoisotopic (exact) mass is 476 g/mol. The second-order valence-corrected chi connectivity index (χ2v) is 16.2. The number of fused-ring (bicyclic) bond motifs is 1. The van der Waals surface area contributed by atoms with E-state index in [9.17, 15) is 0 Å². The molecule has 4 atom stereocenters. The van der Waals surface area contributed by atoms with Crippen LogP contribution < -0.4 is 0 Å². The fourth-order valence-corrected chi connectivity index (χ4v) is 9.48. The van der Waals surface area contributed by atoms with Crippen LogP contribution in [-0.4, -0.2) is 32.8 Å². The molecule has 1 aliphatic heterocycles. The fourth-order valence-electron chi connectivity index (χ4n) is 5.95. The molecule has 1 saturated heterocycles. The molecule has 0 bridgehead atoms. The van der Waals surface area contributed by atoms with Gasteiger partial charge in [0.1, 0.15) is 8.24 Å². The van der Waals surface area contributed by atoms with Crippen molar-refractivity contribution in [2.45, 2.75) is 57.2 Å². The van der Waals surface area contributed by atoms with E-state index in [-0.39, 0.29) is 7.43 Å². The van der Waals surface area contributed by atoms with E-state index in [0.29, 0.717) is 6.67 Å². The number of rotatable bonds is 3. The molecule has 3 unspecified atom stereocenters. The van der Waals surface area contributed by atoms with Crippen molar-refractivity contribution in [2.75, 3.05) is 20.0 Å². The maximum atomic E-state index is 4.89. The molecule has 156 valence electrons. The SMILES string of the molecule is C[Si](C)(C1C[C@H](C2CCCCC2)C2C=CC=CC21)N1C[N-]C[N-]C1.[CH3-].[Cl][Ti+4][Cl]. The van der Waals surface area contributed by atoms with Crippen molar-refractivity contribution in [2.24, 2.45) is 23.7 Å². The summed E-state index contributed by atoms with van der Waals surface area (Å²) in [5, 5.41) is 9.14. The van der Waals surface area contributed by atoms with Gasteiger partial charge in [0.2, 0.25) is 0 Å². The summed E-state index contributed by atoms with van der Waals surface area (Å²) in [5.74, 6) is 3.47. The van der Waals surface area contributed by atoms with Gasteiger partial charge >= 0.3 is 35.6 Å². The first-order chi connectivity index (χ1) is 13.1. The predicted molar refractivity (Wildman–Crippen MR) is 122 cm³/mol. The van der Waals surface area contributed by atoms with Crippen LogP contribution in [0.1, 0.15) is 38.5 Å². The first kappa shape index (κ1) is 25.1. The van der Waals surface area contributed by atoms with Crippen LogP contribution in [0.4, 0.5) is 0 Å². The van der Waals surface area contributed by atoms with Crippen molar-refractivity contribution < 1.29 is 17.0 Å². The molecule has 0 aromatic rings. The molecule has 0 spiro atoms. The van der Waals surface area contributed by atoms with Gasteiger partial charge in [-0.05, 0) is 35.6 Å². The van der Waals surface area contributed by atoms with E-state index in [0.717, 1.165) is 42.6 Å². The van der Waals surface area contributed by atoms with Gasteiger partial charge < -0.3 is 22.6 Å². The van der Waals surface area contributed by atoms with Gasteiger partial charge in [0.05, 0.1) is 0 Å². The number of hydrogen-bond donors (Lipinski definition) is 0. The zero-order chi connectivity index (χ0) is 19.3. The van der Waals surface area contributed by atoms with Crippen LogP contribution >= 0.6 is 18.6 Å². The van der Waals surface area contributed by atoms with Crippen molar-refractivity contribution in [3.8, 4) is 0 Å². The molecule has 0 N–H and O–H groups in total. The number of allylic oxidation sites excluding steroid dienone is 4. The Hall–Kier alpha value is 0.871. The number of hydrogen-bond acceptors (Lipinski definition) is 1. The average Bonchev–Trinajstić information content (AvgIpc) is 3.10. The number of halogens is 2. The summed E-state index contributed by atoms with van der Waals surface area (Å²) in [4.78, 5) is 0. The van der Waals surface area contributed by atoms with Crippen LogP contribution in [0.2, 0.25) is 18.6 Å². The Labute approximate surface area is 190 Å². The second kappa shape index (κ2) is 12.0. The molecule has 3 nitrogen and oxygen atoms in total. The van der Waals surface area contributed by atoms with Gasteiger partial charge in [-0.1, -0.05) is 69.5 Å². The fraction of sp³-hybridized carbons (Fsp3) is 0.762. The van der Waals surface area contributed by atoms with Gasteiger partial charge in [-0.15, -0.1) is 13.3 Å². The van der Waals surface area contributed by atoms with E-state index < -0.39 is 25.3 Å². The van der Waals surface area contributed by atoms with E-state index in [1.165, 1.54) is 38.5 Å². The van der Waals surface area contributed by atoms with Gasteiger partial charge in [0.15, 0.2) is 0 Å². The van der Waals surface area contributed by atoms with Crippen molar-refractivity contribution >= 4 is 26.8 Å². The summed E-state index contributed by atoms with van der Waals surface area (Å²) in [7, 11) is 8.26. The molecule has 28 heavy (non-hydrogen) atoms. The van der Waals surface area contributed by atoms with Crippen molar-refractivity contribution in [1.82, 2.24) is 4.57 Å². The van der Waals surface area contributed by atoms with Crippen LogP contribution in [-0.2, 0) is 17.0 Å². The molecule has 3 aliphatic carbocycles. The average molecular weight is 477 g/mol. The predicted octanol–water partition coefficient (Wildman–Crippen LogP) is 7.28. The van der Waals surface area contributed by atoms with Gasteiger partial charge in [-0.2, -0.15) is 0 Å². The molecule has 4 rings (SSSR count). The Morgan fingerprint density at radius 2 is 1.54 bits per heavy atom. The van der Waals surface area contributed by atoms with Crippen LogP contribution in [0.3, 0.4) is 0 Å². The summed E-state index contributed by atoms with van der Waals surface area (Å²) < 4.78 is 2.65. The van der Waals surface area contributed by atoms with Gasteiger partial charge in [-0.25, -0.2) is 0 Å². The molecule has 0 aromatic heterocycles. The topological polar surface area (TPSA) is 31.4 Å². The third-order valence-corrected chi connectivity index (χ3v) is 11.8. The maximum absolute atomic E-state index is 4.89. The number of nitrogens with zero attached hydrogens (tertiary/aromatic N) is 3. The van der Waals surface area contributed by atoms with Gasteiger partial charge in [0.25, 0.3) is 0 Å². The molecule has 1 heterocycles. The third-order valence-electron chi connectivity index (χ3n) is 7.43. The van der Waals surface area contributed by atoms with E-state index in [1.54, 1.807) is 0 Å². The summed E-state index contributed by atoms with van der Waals surface area (Å²) >= 11 is -0.556. The summed E-state index contributed by atoms with van der Waals surface area (Å²) in [6.07, 6.45) is 18.5. The minimum absolute atomic E-state index is 0. The Bertz CT molecular complexity index is 520. The molecular formula is C21H36Cl2N3SiTi+. The first-order valence-corrected chi connectivity index (χ1v) is 17.7. The van der Waals surface area contributed by atoms with E-state index in [1.807, 2.05) is 0 Å². The zero-order valence-electron chi connectivity index (χ0n) is 17.7. The molecule has 3 fully saturated rings. The quantitative estimate of drug-likeness (QED) is 0.310. The van der Waals surface area contributed by atoms with Crippen LogP contribution in [0.15, 0.2) is 24.3 Å². The Balaban J connectivity index is 0.000000660. The van der Waals surface area contributed by atoms with Crippen LogP contribution in [0.5, 0.6) is 0 Å². The Morgan fingerprint density at radius 1 is 0.964 bits per heavy atom. The second-order valence-electron chi connectivity index (χ2n) is 8.97. The van der Waals surface area contributed by atoms with Crippen molar-refractivity contribution in [1.29, 1.82) is 0 Å². The molecule has 0 amide bonds. The van der Waals surface area contributed by atoms with Crippen LogP contribution in [0, 0.1) is 31.1 Å². The standard InChI is InChI=1S/C20H33N3Si.CH3.2ClH.Ti/c1-24(2,23-14-21-13-22-15-23)20-12-19(16-8-4-3-5-9-16)17-10-6-7-11-18(17)20;;;;/h6-7,10-11,16-20H,3-5,8-9,12-15H2,1-2H3;1H3;2*1H;/q-2;-1;;;+6/p-2/t17?,18?,19-,20?;;;;/m1..../s1. The third kappa shape index (κ3) is 5.76. The zero-order valence-corrected chi connectivity index (χ0v) is 21.7. The van der Waals surface area contributed by atoms with Crippen molar-refractivity contribution in [3.05, 3.63) is 42.4 Å². The Morgan fingerprint density at radius 3 is 2.14 bits per heavy atom. The Kier molecular flexibility index (Phi) is 10.8. The summed E-state index contributed by atoms with van der Waals surface area (Å²) in [6.45, 7) is 7.72. The van der Waals surface area contributed by atoms with E-state index in [2.05, 4.69) is 52.6 Å². The van der Waals surface area contributed by atoms with Gasteiger partial charge in [0, 0.05) is 0 Å². The molecule has 7 heteroatoms. The molecule has 0 radical (unpaired) electrons. The molecule has 0 aromatic carbocycles.